The van der Waals surface area contributed by atoms with E-state index in [9.17, 15) is 4.39 Å². The van der Waals surface area contributed by atoms with Gasteiger partial charge in [-0.3, -0.25) is 0 Å². The number of hydrogen-bond donors (Lipinski definition) is 0. The summed E-state index contributed by atoms with van der Waals surface area (Å²) >= 11 is 0. The molecule has 0 aliphatic carbocycles. The molecule has 1 aromatic rings. The van der Waals surface area contributed by atoms with Crippen LogP contribution in [0.25, 0.3) is 0 Å². The Morgan fingerprint density at radius 1 is 1.33 bits per heavy atom. The second-order valence-electron chi connectivity index (χ2n) is 4.12. The van der Waals surface area contributed by atoms with Gasteiger partial charge in [-0.05, 0) is 12.3 Å². The van der Waals surface area contributed by atoms with Crippen LogP contribution in [-0.4, -0.2) is 9.78 Å². The second kappa shape index (κ2) is 2.57. The molecule has 68 valence electrons. The molecule has 0 aromatic carbocycles. The Balaban J connectivity index is 3.32. The summed E-state index contributed by atoms with van der Waals surface area (Å²) in [5.41, 5.74) is 1.33. The summed E-state index contributed by atoms with van der Waals surface area (Å²) in [6.45, 7) is 7.80. The average molecular weight is 170 g/mol. The molecule has 0 fully saturated rings. The minimum atomic E-state index is -0.222. The molecule has 0 spiro atoms. The van der Waals surface area contributed by atoms with Gasteiger partial charge in [-0.1, -0.05) is 20.8 Å². The molecule has 0 atom stereocenters. The molecule has 12 heavy (non-hydrogen) atoms. The van der Waals surface area contributed by atoms with Gasteiger partial charge in [0.05, 0.1) is 5.69 Å². The van der Waals surface area contributed by atoms with Crippen molar-refractivity contribution in [2.45, 2.75) is 33.1 Å². The van der Waals surface area contributed by atoms with E-state index in [1.54, 1.807) is 7.05 Å². The van der Waals surface area contributed by atoms with Crippen molar-refractivity contribution < 1.29 is 4.39 Å². The Bertz CT molecular complexity index is 294. The van der Waals surface area contributed by atoms with Gasteiger partial charge in [-0.2, -0.15) is 9.49 Å². The van der Waals surface area contributed by atoms with Gasteiger partial charge >= 0.3 is 0 Å². The molecule has 0 radical (unpaired) electrons. The third-order valence-electron chi connectivity index (χ3n) is 1.90. The quantitative estimate of drug-likeness (QED) is 0.583. The summed E-state index contributed by atoms with van der Waals surface area (Å²) < 4.78 is 14.7. The van der Waals surface area contributed by atoms with Crippen molar-refractivity contribution in [3.8, 4) is 0 Å². The van der Waals surface area contributed by atoms with Crippen LogP contribution in [0, 0.1) is 12.9 Å². The van der Waals surface area contributed by atoms with Crippen LogP contribution in [0.1, 0.15) is 32.0 Å². The molecule has 0 aliphatic heterocycles. The molecule has 0 bridgehead atoms. The van der Waals surface area contributed by atoms with Crippen molar-refractivity contribution in [3.05, 3.63) is 17.2 Å². The summed E-state index contributed by atoms with van der Waals surface area (Å²) in [6.07, 6.45) is 0. The molecule has 2 nitrogen and oxygen atoms in total. The molecule has 1 rings (SSSR count). The van der Waals surface area contributed by atoms with Crippen LogP contribution in [0.2, 0.25) is 0 Å². The summed E-state index contributed by atoms with van der Waals surface area (Å²) in [4.78, 5) is 0. The van der Waals surface area contributed by atoms with E-state index < -0.39 is 0 Å². The highest BCUT2D eigenvalue weighted by Crippen LogP contribution is 2.27. The van der Waals surface area contributed by atoms with Crippen LogP contribution in [0.4, 0.5) is 4.39 Å². The minimum absolute atomic E-state index is 0.164. The van der Waals surface area contributed by atoms with Crippen molar-refractivity contribution in [2.24, 2.45) is 7.05 Å². The summed E-state index contributed by atoms with van der Waals surface area (Å²) in [6, 6.07) is 0. The number of rotatable bonds is 0. The molecule has 1 aromatic heterocycles. The molecular formula is C9H15FN2. The van der Waals surface area contributed by atoms with E-state index in [1.807, 2.05) is 27.7 Å². The first-order chi connectivity index (χ1) is 5.34. The Kier molecular flexibility index (Phi) is 1.98. The van der Waals surface area contributed by atoms with Gasteiger partial charge in [0.15, 0.2) is 0 Å². The lowest BCUT2D eigenvalue weighted by molar-refractivity contribution is 0.464. The zero-order valence-electron chi connectivity index (χ0n) is 8.27. The molecule has 0 N–H and O–H groups in total. The average Bonchev–Trinajstić information content (AvgIpc) is 2.05. The highest BCUT2D eigenvalue weighted by molar-refractivity contribution is 5.25. The highest BCUT2D eigenvalue weighted by atomic mass is 19.1. The summed E-state index contributed by atoms with van der Waals surface area (Å²) in [7, 11) is 1.62. The van der Waals surface area contributed by atoms with Gasteiger partial charge in [0, 0.05) is 12.6 Å². The number of aromatic nitrogens is 2. The smallest absolute Gasteiger partial charge is 0.215 e. The molecule has 0 amide bonds. The predicted molar refractivity (Wildman–Crippen MR) is 46.6 cm³/mol. The first-order valence-corrected chi connectivity index (χ1v) is 4.03. The van der Waals surface area contributed by atoms with Crippen LogP contribution in [-0.2, 0) is 12.5 Å². The zero-order valence-corrected chi connectivity index (χ0v) is 8.27. The Labute approximate surface area is 72.4 Å². The van der Waals surface area contributed by atoms with E-state index >= 15 is 0 Å². The van der Waals surface area contributed by atoms with Crippen LogP contribution >= 0.6 is 0 Å². The van der Waals surface area contributed by atoms with Gasteiger partial charge < -0.3 is 0 Å². The molecule has 0 aliphatic rings. The molecular weight excluding hydrogens is 155 g/mol. The lowest BCUT2D eigenvalue weighted by Gasteiger charge is -2.17. The fourth-order valence-corrected chi connectivity index (χ4v) is 1.48. The van der Waals surface area contributed by atoms with Crippen molar-refractivity contribution >= 4 is 0 Å². The Morgan fingerprint density at radius 2 is 1.83 bits per heavy atom. The van der Waals surface area contributed by atoms with Gasteiger partial charge in [0.25, 0.3) is 0 Å². The van der Waals surface area contributed by atoms with Crippen molar-refractivity contribution in [1.29, 1.82) is 0 Å². The lowest BCUT2D eigenvalue weighted by atomic mass is 9.87. The van der Waals surface area contributed by atoms with Crippen molar-refractivity contribution in [2.75, 3.05) is 0 Å². The van der Waals surface area contributed by atoms with E-state index in [2.05, 4.69) is 5.10 Å². The second-order valence-corrected chi connectivity index (χ2v) is 4.12. The highest BCUT2D eigenvalue weighted by Gasteiger charge is 2.24. The van der Waals surface area contributed by atoms with Crippen LogP contribution in [0.5, 0.6) is 0 Å². The molecule has 0 saturated heterocycles. The summed E-state index contributed by atoms with van der Waals surface area (Å²) in [5.74, 6) is -0.222. The van der Waals surface area contributed by atoms with Gasteiger partial charge in [0.1, 0.15) is 0 Å². The topological polar surface area (TPSA) is 17.8 Å². The maximum absolute atomic E-state index is 13.4. The SMILES string of the molecule is Cc1nn(C)c(F)c1C(C)(C)C. The Hall–Kier alpha value is -0.860. The fourth-order valence-electron chi connectivity index (χ4n) is 1.48. The minimum Gasteiger partial charge on any atom is -0.242 e. The van der Waals surface area contributed by atoms with Gasteiger partial charge in [0.2, 0.25) is 5.95 Å². The Morgan fingerprint density at radius 3 is 2.00 bits per heavy atom. The first kappa shape index (κ1) is 9.23. The lowest BCUT2D eigenvalue weighted by Crippen LogP contribution is -2.14. The molecule has 0 saturated carbocycles. The predicted octanol–water partition coefficient (Wildman–Crippen LogP) is 2.17. The van der Waals surface area contributed by atoms with Gasteiger partial charge in [-0.15, -0.1) is 0 Å². The van der Waals surface area contributed by atoms with Crippen LogP contribution in [0.15, 0.2) is 0 Å². The zero-order chi connectivity index (χ0) is 9.52. The van der Waals surface area contributed by atoms with Crippen LogP contribution < -0.4 is 0 Å². The standard InChI is InChI=1S/C9H15FN2/c1-6-7(9(2,3)4)8(10)12(5)11-6/h1-5H3. The van der Waals surface area contributed by atoms with Crippen molar-refractivity contribution in [1.82, 2.24) is 9.78 Å². The maximum atomic E-state index is 13.4. The van der Waals surface area contributed by atoms with Crippen molar-refractivity contribution in [3.63, 3.8) is 0 Å². The molecule has 1 heterocycles. The molecule has 0 unspecified atom stereocenters. The first-order valence-electron chi connectivity index (χ1n) is 4.03. The number of nitrogens with zero attached hydrogens (tertiary/aromatic N) is 2. The molecule has 3 heteroatoms. The number of hydrogen-bond acceptors (Lipinski definition) is 1. The fraction of sp³-hybridized carbons (Fsp3) is 0.667. The van der Waals surface area contributed by atoms with E-state index in [-0.39, 0.29) is 11.4 Å². The third kappa shape index (κ3) is 1.36. The van der Waals surface area contributed by atoms with E-state index in [0.717, 1.165) is 5.69 Å². The van der Waals surface area contributed by atoms with E-state index in [1.165, 1.54) is 4.68 Å². The third-order valence-corrected chi connectivity index (χ3v) is 1.90. The largest absolute Gasteiger partial charge is 0.242 e. The van der Waals surface area contributed by atoms with E-state index in [0.29, 0.717) is 5.56 Å². The van der Waals surface area contributed by atoms with Gasteiger partial charge in [-0.25, -0.2) is 4.68 Å². The van der Waals surface area contributed by atoms with Crippen LogP contribution in [0.3, 0.4) is 0 Å². The number of halogens is 1. The monoisotopic (exact) mass is 170 g/mol. The summed E-state index contributed by atoms with van der Waals surface area (Å²) in [5, 5.41) is 4.02. The van der Waals surface area contributed by atoms with E-state index in [4.69, 9.17) is 0 Å². The normalized spacial score (nSPS) is 12.2. The maximum Gasteiger partial charge on any atom is 0.215 e. The number of aryl methyl sites for hydroxylation is 2.